The molecule has 0 saturated heterocycles. The van der Waals surface area contributed by atoms with Gasteiger partial charge in [-0.15, -0.1) is 0 Å². The number of carboxylic acid groups (broad SMARTS) is 1. The molecule has 0 aliphatic heterocycles. The normalized spacial score (nSPS) is 10.2. The van der Waals surface area contributed by atoms with Crippen LogP contribution in [0, 0.1) is 0 Å². The number of carbonyl (C=O) groups excluding carboxylic acids is 1. The van der Waals surface area contributed by atoms with E-state index in [2.05, 4.69) is 10.3 Å². The maximum atomic E-state index is 11.6. The highest BCUT2D eigenvalue weighted by Gasteiger charge is 2.06. The van der Waals surface area contributed by atoms with Crippen LogP contribution >= 0.6 is 11.8 Å². The highest BCUT2D eigenvalue weighted by molar-refractivity contribution is 7.99. The number of aromatic carboxylic acids is 1. The summed E-state index contributed by atoms with van der Waals surface area (Å²) in [6.07, 6.45) is 2.82. The van der Waals surface area contributed by atoms with Crippen LogP contribution in [0.25, 0.3) is 0 Å². The van der Waals surface area contributed by atoms with Crippen LogP contribution < -0.4 is 5.32 Å². The average Bonchev–Trinajstić information content (AvgIpc) is 2.96. The summed E-state index contributed by atoms with van der Waals surface area (Å²) in [7, 11) is 0. The molecule has 0 unspecified atom stereocenters. The molecule has 0 bridgehead atoms. The number of aromatic nitrogens is 1. The smallest absolute Gasteiger partial charge is 0.337 e. The van der Waals surface area contributed by atoms with E-state index in [9.17, 15) is 9.59 Å². The number of carboxylic acids is 1. The van der Waals surface area contributed by atoms with Gasteiger partial charge in [-0.25, -0.2) is 9.78 Å². The van der Waals surface area contributed by atoms with Crippen molar-refractivity contribution in [3.05, 3.63) is 48.0 Å². The molecule has 104 valence electrons. The van der Waals surface area contributed by atoms with Crippen molar-refractivity contribution in [1.82, 2.24) is 10.3 Å². The maximum absolute atomic E-state index is 11.6. The second-order valence-corrected chi connectivity index (χ2v) is 4.83. The summed E-state index contributed by atoms with van der Waals surface area (Å²) < 4.78 is 5.09. The minimum Gasteiger partial charge on any atom is -0.478 e. The van der Waals surface area contributed by atoms with Crippen LogP contribution in [0.1, 0.15) is 16.1 Å². The zero-order valence-electron chi connectivity index (χ0n) is 10.4. The second-order valence-electron chi connectivity index (χ2n) is 3.84. The lowest BCUT2D eigenvalue weighted by Gasteiger charge is -2.03. The van der Waals surface area contributed by atoms with Gasteiger partial charge < -0.3 is 14.8 Å². The Hall–Kier alpha value is -2.28. The molecule has 0 aliphatic rings. The quantitative estimate of drug-likeness (QED) is 0.788. The van der Waals surface area contributed by atoms with Crippen LogP contribution in [0.15, 0.2) is 46.2 Å². The molecule has 0 aromatic carbocycles. The fourth-order valence-electron chi connectivity index (χ4n) is 1.38. The van der Waals surface area contributed by atoms with Crippen LogP contribution in [0.2, 0.25) is 0 Å². The van der Waals surface area contributed by atoms with Crippen molar-refractivity contribution in [3.8, 4) is 0 Å². The fourth-order valence-corrected chi connectivity index (χ4v) is 2.05. The van der Waals surface area contributed by atoms with E-state index in [1.807, 2.05) is 0 Å². The number of pyridine rings is 1. The van der Waals surface area contributed by atoms with Crippen molar-refractivity contribution in [2.45, 2.75) is 11.6 Å². The van der Waals surface area contributed by atoms with E-state index in [-0.39, 0.29) is 17.2 Å². The summed E-state index contributed by atoms with van der Waals surface area (Å²) in [5.74, 6) is -0.270. The zero-order chi connectivity index (χ0) is 14.4. The van der Waals surface area contributed by atoms with Crippen molar-refractivity contribution in [2.75, 3.05) is 5.75 Å². The van der Waals surface area contributed by atoms with Gasteiger partial charge >= 0.3 is 5.97 Å². The molecular formula is C13H12N2O4S. The minimum atomic E-state index is -1.02. The topological polar surface area (TPSA) is 92.4 Å². The predicted octanol–water partition coefficient (Wildman–Crippen LogP) is 1.78. The molecule has 2 aromatic heterocycles. The first kappa shape index (κ1) is 14.1. The van der Waals surface area contributed by atoms with E-state index in [4.69, 9.17) is 9.52 Å². The van der Waals surface area contributed by atoms with Crippen LogP contribution in [-0.4, -0.2) is 27.7 Å². The molecule has 7 heteroatoms. The van der Waals surface area contributed by atoms with Gasteiger partial charge in [-0.1, -0.05) is 11.8 Å². The number of furan rings is 1. The first-order chi connectivity index (χ1) is 9.65. The molecule has 0 atom stereocenters. The SMILES string of the molecule is O=C(CSc1ccc(C(=O)O)cn1)NCc1ccco1. The molecule has 2 N–H and O–H groups in total. The van der Waals surface area contributed by atoms with Gasteiger partial charge in [0.25, 0.3) is 0 Å². The van der Waals surface area contributed by atoms with Crippen LogP contribution in [0.3, 0.4) is 0 Å². The van der Waals surface area contributed by atoms with Crippen LogP contribution in [0.4, 0.5) is 0 Å². The summed E-state index contributed by atoms with van der Waals surface area (Å²) in [6, 6.07) is 6.57. The van der Waals surface area contributed by atoms with Gasteiger partial charge in [0.2, 0.25) is 5.91 Å². The zero-order valence-corrected chi connectivity index (χ0v) is 11.2. The monoisotopic (exact) mass is 292 g/mol. The second kappa shape index (κ2) is 6.76. The average molecular weight is 292 g/mol. The Balaban J connectivity index is 1.76. The largest absolute Gasteiger partial charge is 0.478 e. The van der Waals surface area contributed by atoms with Gasteiger partial charge in [0.15, 0.2) is 0 Å². The lowest BCUT2D eigenvalue weighted by Crippen LogP contribution is -2.24. The Bertz CT molecular complexity index is 581. The van der Waals surface area contributed by atoms with E-state index in [1.54, 1.807) is 24.5 Å². The lowest BCUT2D eigenvalue weighted by molar-refractivity contribution is -0.118. The molecule has 2 heterocycles. The van der Waals surface area contributed by atoms with Crippen molar-refractivity contribution in [3.63, 3.8) is 0 Å². The molecule has 2 rings (SSSR count). The molecule has 0 spiro atoms. The maximum Gasteiger partial charge on any atom is 0.337 e. The third-order valence-corrected chi connectivity index (χ3v) is 3.32. The molecule has 0 aliphatic carbocycles. The van der Waals surface area contributed by atoms with Crippen LogP contribution in [0.5, 0.6) is 0 Å². The van der Waals surface area contributed by atoms with Gasteiger partial charge in [-0.2, -0.15) is 0 Å². The third-order valence-electron chi connectivity index (χ3n) is 2.37. The number of hydrogen-bond acceptors (Lipinski definition) is 5. The van der Waals surface area contributed by atoms with Gasteiger partial charge in [0, 0.05) is 6.20 Å². The summed E-state index contributed by atoms with van der Waals surface area (Å²) in [4.78, 5) is 26.2. The van der Waals surface area contributed by atoms with Gasteiger partial charge in [-0.05, 0) is 24.3 Å². The van der Waals surface area contributed by atoms with E-state index in [0.29, 0.717) is 17.3 Å². The van der Waals surface area contributed by atoms with Crippen molar-refractivity contribution in [1.29, 1.82) is 0 Å². The molecule has 0 fully saturated rings. The number of amides is 1. The molecule has 0 saturated carbocycles. The summed E-state index contributed by atoms with van der Waals surface area (Å²) >= 11 is 1.24. The van der Waals surface area contributed by atoms with E-state index in [1.165, 1.54) is 24.0 Å². The van der Waals surface area contributed by atoms with Gasteiger partial charge in [-0.3, -0.25) is 4.79 Å². The van der Waals surface area contributed by atoms with Crippen molar-refractivity contribution in [2.24, 2.45) is 0 Å². The third kappa shape index (κ3) is 4.13. The highest BCUT2D eigenvalue weighted by Crippen LogP contribution is 2.15. The van der Waals surface area contributed by atoms with Crippen molar-refractivity contribution < 1.29 is 19.1 Å². The Morgan fingerprint density at radius 3 is 2.80 bits per heavy atom. The summed E-state index contributed by atoms with van der Waals surface area (Å²) in [5.41, 5.74) is 0.122. The Kier molecular flexibility index (Phi) is 4.78. The Morgan fingerprint density at radius 2 is 2.20 bits per heavy atom. The lowest BCUT2D eigenvalue weighted by atomic mass is 10.3. The van der Waals surface area contributed by atoms with Gasteiger partial charge in [0.1, 0.15) is 5.76 Å². The molecule has 0 radical (unpaired) electrons. The fraction of sp³-hybridized carbons (Fsp3) is 0.154. The summed E-state index contributed by atoms with van der Waals surface area (Å²) in [5, 5.41) is 12.0. The molecule has 6 nitrogen and oxygen atoms in total. The number of thioether (sulfide) groups is 1. The molecule has 1 amide bonds. The standard InChI is InChI=1S/C13H12N2O4S/c16-11(14-7-10-2-1-5-19-10)8-20-12-4-3-9(6-15-12)13(17)18/h1-6H,7-8H2,(H,14,16)(H,17,18). The Labute approximate surface area is 119 Å². The number of carbonyl (C=O) groups is 2. The predicted molar refractivity (Wildman–Crippen MR) is 72.5 cm³/mol. The number of rotatable bonds is 6. The highest BCUT2D eigenvalue weighted by atomic mass is 32.2. The first-order valence-corrected chi connectivity index (χ1v) is 6.75. The van der Waals surface area contributed by atoms with E-state index < -0.39 is 5.97 Å². The minimum absolute atomic E-state index is 0.122. The van der Waals surface area contributed by atoms with Crippen molar-refractivity contribution >= 4 is 23.6 Å². The number of nitrogens with one attached hydrogen (secondary N) is 1. The van der Waals surface area contributed by atoms with E-state index in [0.717, 1.165) is 0 Å². The van der Waals surface area contributed by atoms with Gasteiger partial charge in [0.05, 0.1) is 29.2 Å². The van der Waals surface area contributed by atoms with Crippen LogP contribution in [-0.2, 0) is 11.3 Å². The Morgan fingerprint density at radius 1 is 1.35 bits per heavy atom. The summed E-state index contributed by atoms with van der Waals surface area (Å²) in [6.45, 7) is 0.345. The number of nitrogens with zero attached hydrogens (tertiary/aromatic N) is 1. The number of hydrogen-bond donors (Lipinski definition) is 2. The van der Waals surface area contributed by atoms with E-state index >= 15 is 0 Å². The first-order valence-electron chi connectivity index (χ1n) is 5.76. The molecule has 2 aromatic rings. The molecular weight excluding hydrogens is 280 g/mol. The molecule has 20 heavy (non-hydrogen) atoms.